The highest BCUT2D eigenvalue weighted by atomic mass is 16.5. The number of carboxylic acids is 1. The summed E-state index contributed by atoms with van der Waals surface area (Å²) in [4.78, 5) is 11.2. The first-order valence-electron chi connectivity index (χ1n) is 5.91. The van der Waals surface area contributed by atoms with Gasteiger partial charge in [0.05, 0.1) is 13.0 Å². The summed E-state index contributed by atoms with van der Waals surface area (Å²) in [7, 11) is 1.58. The van der Waals surface area contributed by atoms with Crippen LogP contribution in [0, 0.1) is 0 Å². The van der Waals surface area contributed by atoms with E-state index < -0.39 is 11.9 Å². The zero-order valence-electron chi connectivity index (χ0n) is 10.9. The van der Waals surface area contributed by atoms with Crippen LogP contribution in [-0.4, -0.2) is 18.2 Å². The van der Waals surface area contributed by atoms with Gasteiger partial charge in [0.2, 0.25) is 0 Å². The van der Waals surface area contributed by atoms with Gasteiger partial charge in [-0.3, -0.25) is 4.79 Å². The van der Waals surface area contributed by atoms with Crippen molar-refractivity contribution in [2.24, 2.45) is 0 Å². The first-order valence-corrected chi connectivity index (χ1v) is 5.91. The van der Waals surface area contributed by atoms with Crippen molar-refractivity contribution in [1.82, 2.24) is 0 Å². The minimum Gasteiger partial charge on any atom is -0.496 e. The Labute approximate surface area is 102 Å². The fourth-order valence-corrected chi connectivity index (χ4v) is 1.90. The SMILES string of the molecule is CCC(C(=O)O)c1ccc(C(C)C)cc1OC. The lowest BCUT2D eigenvalue weighted by Crippen LogP contribution is -2.12. The molecule has 3 heteroatoms. The second kappa shape index (κ2) is 5.71. The maximum absolute atomic E-state index is 11.2. The van der Waals surface area contributed by atoms with Crippen LogP contribution in [0.5, 0.6) is 5.75 Å². The Hall–Kier alpha value is -1.51. The highest BCUT2D eigenvalue weighted by Crippen LogP contribution is 2.32. The van der Waals surface area contributed by atoms with Crippen molar-refractivity contribution in [3.05, 3.63) is 29.3 Å². The van der Waals surface area contributed by atoms with Crippen LogP contribution < -0.4 is 4.74 Å². The van der Waals surface area contributed by atoms with Gasteiger partial charge in [-0.15, -0.1) is 0 Å². The van der Waals surface area contributed by atoms with Gasteiger partial charge in [-0.25, -0.2) is 0 Å². The number of aliphatic carboxylic acids is 1. The third-order valence-electron chi connectivity index (χ3n) is 3.01. The Morgan fingerprint density at radius 3 is 2.47 bits per heavy atom. The van der Waals surface area contributed by atoms with Crippen molar-refractivity contribution >= 4 is 5.97 Å². The van der Waals surface area contributed by atoms with E-state index in [0.29, 0.717) is 18.1 Å². The molecule has 3 nitrogen and oxygen atoms in total. The molecule has 0 aliphatic carbocycles. The second-order valence-corrected chi connectivity index (χ2v) is 4.46. The third kappa shape index (κ3) is 2.99. The number of methoxy groups -OCH3 is 1. The summed E-state index contributed by atoms with van der Waals surface area (Å²) < 4.78 is 5.31. The van der Waals surface area contributed by atoms with E-state index in [0.717, 1.165) is 11.1 Å². The lowest BCUT2D eigenvalue weighted by atomic mass is 9.92. The van der Waals surface area contributed by atoms with E-state index in [4.69, 9.17) is 9.84 Å². The van der Waals surface area contributed by atoms with Gasteiger partial charge in [0, 0.05) is 5.56 Å². The Balaban J connectivity index is 3.20. The summed E-state index contributed by atoms with van der Waals surface area (Å²) in [5.41, 5.74) is 1.91. The Morgan fingerprint density at radius 2 is 2.06 bits per heavy atom. The number of carbonyl (C=O) groups is 1. The van der Waals surface area contributed by atoms with Crippen molar-refractivity contribution in [2.75, 3.05) is 7.11 Å². The standard InChI is InChI=1S/C14H20O3/c1-5-11(14(15)16)12-7-6-10(9(2)3)8-13(12)17-4/h6-9,11H,5H2,1-4H3,(H,15,16). The monoisotopic (exact) mass is 236 g/mol. The second-order valence-electron chi connectivity index (χ2n) is 4.46. The Kier molecular flexibility index (Phi) is 4.55. The molecule has 0 fully saturated rings. The van der Waals surface area contributed by atoms with Crippen LogP contribution in [0.1, 0.15) is 50.2 Å². The predicted molar refractivity (Wildman–Crippen MR) is 67.8 cm³/mol. The quantitative estimate of drug-likeness (QED) is 0.852. The summed E-state index contributed by atoms with van der Waals surface area (Å²) in [6.07, 6.45) is 0.562. The minimum atomic E-state index is -0.803. The molecule has 1 atom stereocenters. The van der Waals surface area contributed by atoms with Gasteiger partial charge in [0.15, 0.2) is 0 Å². The van der Waals surface area contributed by atoms with Gasteiger partial charge in [-0.2, -0.15) is 0 Å². The number of benzene rings is 1. The van der Waals surface area contributed by atoms with Gasteiger partial charge in [-0.05, 0) is 24.0 Å². The smallest absolute Gasteiger partial charge is 0.311 e. The van der Waals surface area contributed by atoms with Gasteiger partial charge >= 0.3 is 5.97 Å². The topological polar surface area (TPSA) is 46.5 Å². The number of hydrogen-bond donors (Lipinski definition) is 1. The van der Waals surface area contributed by atoms with Crippen molar-refractivity contribution in [2.45, 2.75) is 39.0 Å². The van der Waals surface area contributed by atoms with E-state index in [1.807, 2.05) is 25.1 Å². The van der Waals surface area contributed by atoms with Crippen LogP contribution in [0.25, 0.3) is 0 Å². The number of hydrogen-bond acceptors (Lipinski definition) is 2. The first-order chi connectivity index (χ1) is 8.01. The van der Waals surface area contributed by atoms with Crippen molar-refractivity contribution in [1.29, 1.82) is 0 Å². The highest BCUT2D eigenvalue weighted by Gasteiger charge is 2.21. The van der Waals surface area contributed by atoms with Crippen LogP contribution in [0.4, 0.5) is 0 Å². The molecule has 0 radical (unpaired) electrons. The molecule has 0 saturated carbocycles. The Morgan fingerprint density at radius 1 is 1.41 bits per heavy atom. The van der Waals surface area contributed by atoms with Gasteiger partial charge in [0.25, 0.3) is 0 Å². The third-order valence-corrected chi connectivity index (χ3v) is 3.01. The van der Waals surface area contributed by atoms with Gasteiger partial charge < -0.3 is 9.84 Å². The molecule has 0 spiro atoms. The fraction of sp³-hybridized carbons (Fsp3) is 0.500. The van der Waals surface area contributed by atoms with Crippen LogP contribution in [0.15, 0.2) is 18.2 Å². The van der Waals surface area contributed by atoms with Crippen molar-refractivity contribution in [3.63, 3.8) is 0 Å². The van der Waals surface area contributed by atoms with Crippen molar-refractivity contribution in [3.8, 4) is 5.75 Å². The molecule has 17 heavy (non-hydrogen) atoms. The molecule has 0 amide bonds. The predicted octanol–water partition coefficient (Wildman–Crippen LogP) is 3.40. The molecule has 1 N–H and O–H groups in total. The molecule has 1 rings (SSSR count). The molecule has 0 aliphatic heterocycles. The normalized spacial score (nSPS) is 12.5. The molecule has 0 aromatic heterocycles. The van der Waals surface area contributed by atoms with E-state index in [-0.39, 0.29) is 0 Å². The largest absolute Gasteiger partial charge is 0.496 e. The number of rotatable bonds is 5. The minimum absolute atomic E-state index is 0.405. The van der Waals surface area contributed by atoms with Gasteiger partial charge in [-0.1, -0.05) is 32.9 Å². The van der Waals surface area contributed by atoms with E-state index >= 15 is 0 Å². The lowest BCUT2D eigenvalue weighted by Gasteiger charge is -2.16. The molecule has 0 bridgehead atoms. The number of carboxylic acid groups (broad SMARTS) is 1. The average molecular weight is 236 g/mol. The van der Waals surface area contributed by atoms with Crippen LogP contribution in [0.3, 0.4) is 0 Å². The molecule has 0 aliphatic rings. The zero-order valence-corrected chi connectivity index (χ0v) is 10.9. The van der Waals surface area contributed by atoms with Crippen LogP contribution >= 0.6 is 0 Å². The van der Waals surface area contributed by atoms with Gasteiger partial charge in [0.1, 0.15) is 5.75 Å². The summed E-state index contributed by atoms with van der Waals surface area (Å²) in [6.45, 7) is 6.07. The number of ether oxygens (including phenoxy) is 1. The maximum atomic E-state index is 11.2. The zero-order chi connectivity index (χ0) is 13.0. The molecular weight excluding hydrogens is 216 g/mol. The van der Waals surface area contributed by atoms with Crippen LogP contribution in [0.2, 0.25) is 0 Å². The highest BCUT2D eigenvalue weighted by molar-refractivity contribution is 5.77. The summed E-state index contributed by atoms with van der Waals surface area (Å²) in [5, 5.41) is 9.17. The average Bonchev–Trinajstić information content (AvgIpc) is 2.29. The lowest BCUT2D eigenvalue weighted by molar-refractivity contribution is -0.138. The van der Waals surface area contributed by atoms with E-state index in [9.17, 15) is 4.79 Å². The fourth-order valence-electron chi connectivity index (χ4n) is 1.90. The summed E-state index contributed by atoms with van der Waals surface area (Å²) in [5.74, 6) is -0.220. The molecule has 0 heterocycles. The first kappa shape index (κ1) is 13.6. The van der Waals surface area contributed by atoms with E-state index in [1.54, 1.807) is 7.11 Å². The van der Waals surface area contributed by atoms with E-state index in [1.165, 1.54) is 0 Å². The van der Waals surface area contributed by atoms with Crippen molar-refractivity contribution < 1.29 is 14.6 Å². The molecule has 1 aromatic rings. The molecule has 0 saturated heterocycles. The molecule has 94 valence electrons. The Bertz CT molecular complexity index is 396. The molecular formula is C14H20O3. The maximum Gasteiger partial charge on any atom is 0.311 e. The summed E-state index contributed by atoms with van der Waals surface area (Å²) in [6, 6.07) is 5.79. The summed E-state index contributed by atoms with van der Waals surface area (Å²) >= 11 is 0. The molecule has 1 unspecified atom stereocenters. The molecule has 1 aromatic carbocycles. The van der Waals surface area contributed by atoms with Crippen LogP contribution in [-0.2, 0) is 4.79 Å². The van der Waals surface area contributed by atoms with E-state index in [2.05, 4.69) is 13.8 Å².